The summed E-state index contributed by atoms with van der Waals surface area (Å²) in [5.41, 5.74) is 8.93. The van der Waals surface area contributed by atoms with Crippen LogP contribution in [0.15, 0.2) is 24.3 Å². The van der Waals surface area contributed by atoms with Crippen molar-refractivity contribution in [3.05, 3.63) is 30.0 Å². The first kappa shape index (κ1) is 11.0. The van der Waals surface area contributed by atoms with E-state index >= 15 is 0 Å². The Bertz CT molecular complexity index is 500. The summed E-state index contributed by atoms with van der Waals surface area (Å²) in [5, 5.41) is 1.17. The lowest BCUT2D eigenvalue weighted by atomic mass is 10.2. The van der Waals surface area contributed by atoms with Crippen LogP contribution in [-0.4, -0.2) is 10.7 Å². The van der Waals surface area contributed by atoms with Crippen LogP contribution in [0.3, 0.4) is 0 Å². The molecule has 0 radical (unpaired) electrons. The van der Waals surface area contributed by atoms with Gasteiger partial charge in [-0.25, -0.2) is 0 Å². The average molecular weight is 218 g/mol. The zero-order valence-corrected chi connectivity index (χ0v) is 10.0. The standard InChI is InChI=1S/C13H18N2O/c1-9(2)16-8-12-7-10-6-11(14)4-5-13(10)15(12)3/h4-7,9H,8,14H2,1-3H3. The van der Waals surface area contributed by atoms with E-state index in [1.807, 2.05) is 32.0 Å². The highest BCUT2D eigenvalue weighted by Crippen LogP contribution is 2.21. The molecule has 3 heteroatoms. The summed E-state index contributed by atoms with van der Waals surface area (Å²) in [6.07, 6.45) is 0.253. The minimum absolute atomic E-state index is 0.253. The van der Waals surface area contributed by atoms with Crippen LogP contribution < -0.4 is 5.73 Å². The molecular weight excluding hydrogens is 200 g/mol. The fraction of sp³-hybridized carbons (Fsp3) is 0.385. The van der Waals surface area contributed by atoms with Crippen LogP contribution in [0, 0.1) is 0 Å². The molecule has 0 aliphatic rings. The number of ether oxygens (including phenoxy) is 1. The number of benzene rings is 1. The van der Waals surface area contributed by atoms with Crippen LogP contribution >= 0.6 is 0 Å². The van der Waals surface area contributed by atoms with Gasteiger partial charge in [0, 0.05) is 29.3 Å². The molecule has 0 aliphatic carbocycles. The molecule has 3 nitrogen and oxygen atoms in total. The summed E-state index contributed by atoms with van der Waals surface area (Å²) in [4.78, 5) is 0. The number of anilines is 1. The Hall–Kier alpha value is -1.48. The van der Waals surface area contributed by atoms with Crippen molar-refractivity contribution in [1.82, 2.24) is 4.57 Å². The van der Waals surface area contributed by atoms with Gasteiger partial charge in [-0.2, -0.15) is 0 Å². The van der Waals surface area contributed by atoms with E-state index in [0.717, 1.165) is 5.69 Å². The molecule has 2 rings (SSSR count). The smallest absolute Gasteiger partial charge is 0.0871 e. The maximum Gasteiger partial charge on any atom is 0.0871 e. The van der Waals surface area contributed by atoms with Crippen molar-refractivity contribution < 1.29 is 4.74 Å². The van der Waals surface area contributed by atoms with E-state index < -0.39 is 0 Å². The van der Waals surface area contributed by atoms with E-state index in [1.165, 1.54) is 16.6 Å². The second kappa shape index (κ2) is 4.18. The molecule has 1 aromatic heterocycles. The van der Waals surface area contributed by atoms with Crippen LogP contribution in [0.1, 0.15) is 19.5 Å². The van der Waals surface area contributed by atoms with Gasteiger partial charge < -0.3 is 15.0 Å². The van der Waals surface area contributed by atoms with Gasteiger partial charge >= 0.3 is 0 Å². The Kier molecular flexibility index (Phi) is 2.88. The van der Waals surface area contributed by atoms with Gasteiger partial charge in [0.25, 0.3) is 0 Å². The molecule has 0 spiro atoms. The molecule has 1 heterocycles. The highest BCUT2D eigenvalue weighted by atomic mass is 16.5. The van der Waals surface area contributed by atoms with Crippen LogP contribution in [0.4, 0.5) is 5.69 Å². The van der Waals surface area contributed by atoms with Crippen LogP contribution in [-0.2, 0) is 18.4 Å². The molecular formula is C13H18N2O. The number of hydrogen-bond donors (Lipinski definition) is 1. The number of nitrogens with zero attached hydrogens (tertiary/aromatic N) is 1. The second-order valence-electron chi connectivity index (χ2n) is 4.37. The van der Waals surface area contributed by atoms with Crippen LogP contribution in [0.25, 0.3) is 10.9 Å². The maximum atomic E-state index is 5.76. The molecule has 0 amide bonds. The predicted molar refractivity (Wildman–Crippen MR) is 67.3 cm³/mol. The Morgan fingerprint density at radius 3 is 2.75 bits per heavy atom. The van der Waals surface area contributed by atoms with E-state index in [1.54, 1.807) is 0 Å². The normalized spacial score (nSPS) is 11.5. The molecule has 2 aromatic rings. The van der Waals surface area contributed by atoms with Crippen molar-refractivity contribution in [3.63, 3.8) is 0 Å². The number of hydrogen-bond acceptors (Lipinski definition) is 2. The summed E-state index contributed by atoms with van der Waals surface area (Å²) >= 11 is 0. The number of nitrogens with two attached hydrogens (primary N) is 1. The van der Waals surface area contributed by atoms with Crippen LogP contribution in [0.5, 0.6) is 0 Å². The summed E-state index contributed by atoms with van der Waals surface area (Å²) < 4.78 is 7.77. The molecule has 86 valence electrons. The van der Waals surface area contributed by atoms with Crippen molar-refractivity contribution in [3.8, 4) is 0 Å². The molecule has 0 saturated carbocycles. The van der Waals surface area contributed by atoms with Gasteiger partial charge in [-0.3, -0.25) is 0 Å². The van der Waals surface area contributed by atoms with E-state index in [4.69, 9.17) is 10.5 Å². The van der Waals surface area contributed by atoms with Crippen molar-refractivity contribution in [2.24, 2.45) is 7.05 Å². The summed E-state index contributed by atoms with van der Waals surface area (Å²) in [6.45, 7) is 4.73. The lowest BCUT2D eigenvalue weighted by Gasteiger charge is -2.08. The third-order valence-electron chi connectivity index (χ3n) is 2.73. The zero-order chi connectivity index (χ0) is 11.7. The zero-order valence-electron chi connectivity index (χ0n) is 10.0. The molecule has 0 fully saturated rings. The first-order chi connectivity index (χ1) is 7.58. The summed E-state index contributed by atoms with van der Waals surface area (Å²) in [7, 11) is 2.05. The quantitative estimate of drug-likeness (QED) is 0.805. The molecule has 0 saturated heterocycles. The maximum absolute atomic E-state index is 5.76. The molecule has 0 bridgehead atoms. The third-order valence-corrected chi connectivity index (χ3v) is 2.73. The van der Waals surface area contributed by atoms with E-state index in [2.05, 4.69) is 17.7 Å². The number of aromatic nitrogens is 1. The van der Waals surface area contributed by atoms with Crippen molar-refractivity contribution >= 4 is 16.6 Å². The van der Waals surface area contributed by atoms with Crippen molar-refractivity contribution in [1.29, 1.82) is 0 Å². The first-order valence-electron chi connectivity index (χ1n) is 5.53. The van der Waals surface area contributed by atoms with Gasteiger partial charge in [-0.15, -0.1) is 0 Å². The summed E-state index contributed by atoms with van der Waals surface area (Å²) in [6, 6.07) is 8.10. The van der Waals surface area contributed by atoms with Crippen molar-refractivity contribution in [2.45, 2.75) is 26.6 Å². The fourth-order valence-corrected chi connectivity index (χ4v) is 1.82. The molecule has 16 heavy (non-hydrogen) atoms. The molecule has 0 unspecified atom stereocenters. The lowest BCUT2D eigenvalue weighted by Crippen LogP contribution is -2.05. The van der Waals surface area contributed by atoms with Gasteiger partial charge in [0.1, 0.15) is 0 Å². The second-order valence-corrected chi connectivity index (χ2v) is 4.37. The molecule has 1 aromatic carbocycles. The number of nitrogen functional groups attached to an aromatic ring is 1. The van der Waals surface area contributed by atoms with Crippen LogP contribution in [0.2, 0.25) is 0 Å². The van der Waals surface area contributed by atoms with Gasteiger partial charge in [0.15, 0.2) is 0 Å². The Morgan fingerprint density at radius 1 is 1.31 bits per heavy atom. The topological polar surface area (TPSA) is 40.2 Å². The Labute approximate surface area is 95.8 Å². The highest BCUT2D eigenvalue weighted by Gasteiger charge is 2.06. The van der Waals surface area contributed by atoms with Gasteiger partial charge in [-0.1, -0.05) is 0 Å². The predicted octanol–water partition coefficient (Wildman–Crippen LogP) is 2.69. The number of aryl methyl sites for hydroxylation is 1. The first-order valence-corrected chi connectivity index (χ1v) is 5.53. The fourth-order valence-electron chi connectivity index (χ4n) is 1.82. The number of fused-ring (bicyclic) bond motifs is 1. The monoisotopic (exact) mass is 218 g/mol. The third kappa shape index (κ3) is 2.04. The molecule has 2 N–H and O–H groups in total. The summed E-state index contributed by atoms with van der Waals surface area (Å²) in [5.74, 6) is 0. The SMILES string of the molecule is CC(C)OCc1cc2cc(N)ccc2n1C. The average Bonchev–Trinajstić information content (AvgIpc) is 2.52. The van der Waals surface area contributed by atoms with Gasteiger partial charge in [0.2, 0.25) is 0 Å². The van der Waals surface area contributed by atoms with E-state index in [9.17, 15) is 0 Å². The molecule has 0 atom stereocenters. The largest absolute Gasteiger partial charge is 0.399 e. The Morgan fingerprint density at radius 2 is 2.06 bits per heavy atom. The minimum Gasteiger partial charge on any atom is -0.399 e. The lowest BCUT2D eigenvalue weighted by molar-refractivity contribution is 0.0624. The van der Waals surface area contributed by atoms with Gasteiger partial charge in [0.05, 0.1) is 12.7 Å². The molecule has 0 aliphatic heterocycles. The van der Waals surface area contributed by atoms with E-state index in [0.29, 0.717) is 6.61 Å². The van der Waals surface area contributed by atoms with E-state index in [-0.39, 0.29) is 6.10 Å². The van der Waals surface area contributed by atoms with Gasteiger partial charge in [-0.05, 0) is 38.1 Å². The number of rotatable bonds is 3. The highest BCUT2D eigenvalue weighted by molar-refractivity contribution is 5.84. The Balaban J connectivity index is 2.36. The minimum atomic E-state index is 0.253. The van der Waals surface area contributed by atoms with Crippen molar-refractivity contribution in [2.75, 3.05) is 5.73 Å².